The Hall–Kier alpha value is -0.0800. The molecule has 0 bridgehead atoms. The van der Waals surface area contributed by atoms with Crippen LogP contribution in [0.25, 0.3) is 0 Å². The summed E-state index contributed by atoms with van der Waals surface area (Å²) in [5, 5.41) is 8.45. The molecule has 0 aromatic rings. The zero-order chi connectivity index (χ0) is 7.11. The van der Waals surface area contributed by atoms with E-state index in [1.165, 1.54) is 12.8 Å². The van der Waals surface area contributed by atoms with Gasteiger partial charge < -0.3 is 5.11 Å². The zero-order valence-electron chi connectivity index (χ0n) is 6.14. The maximum atomic E-state index is 8.45. The summed E-state index contributed by atoms with van der Waals surface area (Å²) in [7, 11) is 3.74. The van der Waals surface area contributed by atoms with Gasteiger partial charge in [0.25, 0.3) is 0 Å². The van der Waals surface area contributed by atoms with Crippen molar-refractivity contribution in [2.75, 3.05) is 19.7 Å². The van der Waals surface area contributed by atoms with Crippen molar-refractivity contribution in [3.8, 4) is 0 Å². The molecule has 0 saturated carbocycles. The van der Waals surface area contributed by atoms with Crippen LogP contribution in [0.4, 0.5) is 0 Å². The molecule has 0 unspecified atom stereocenters. The van der Waals surface area contributed by atoms with Gasteiger partial charge in [0.2, 0.25) is 0 Å². The molecular formula is C7H16NO. The van der Waals surface area contributed by atoms with Gasteiger partial charge in [0.1, 0.15) is 0 Å². The largest absolute Gasteiger partial charge is 0.395 e. The molecule has 0 aliphatic carbocycles. The van der Waals surface area contributed by atoms with Gasteiger partial charge in [0.15, 0.2) is 0 Å². The van der Waals surface area contributed by atoms with Crippen LogP contribution >= 0.6 is 0 Å². The Labute approximate surface area is 57.5 Å². The first-order chi connectivity index (χ1) is 4.31. The molecule has 1 radical (unpaired) electrons. The van der Waals surface area contributed by atoms with E-state index < -0.39 is 0 Å². The first-order valence-electron chi connectivity index (χ1n) is 3.47. The molecule has 0 amide bonds. The lowest BCUT2D eigenvalue weighted by Gasteiger charge is -2.12. The van der Waals surface area contributed by atoms with E-state index in [4.69, 9.17) is 5.11 Å². The highest BCUT2D eigenvalue weighted by atomic mass is 16.3. The lowest BCUT2D eigenvalue weighted by Crippen LogP contribution is -2.20. The van der Waals surface area contributed by atoms with Gasteiger partial charge in [-0.25, -0.2) is 0 Å². The lowest BCUT2D eigenvalue weighted by atomic mass is 10.3. The van der Waals surface area contributed by atoms with E-state index in [0.29, 0.717) is 6.54 Å². The minimum atomic E-state index is 0.215. The monoisotopic (exact) mass is 130 g/mol. The number of aliphatic hydroxyl groups excluding tert-OH is 1. The second-order valence-corrected chi connectivity index (χ2v) is 2.20. The summed E-state index contributed by atoms with van der Waals surface area (Å²) >= 11 is 0. The number of aliphatic hydroxyl groups is 1. The SMILES string of the molecule is [CH2]N(CCO)CCCC. The summed E-state index contributed by atoms with van der Waals surface area (Å²) in [5.74, 6) is 0. The molecular weight excluding hydrogens is 114 g/mol. The summed E-state index contributed by atoms with van der Waals surface area (Å²) in [6, 6.07) is 0. The summed E-state index contributed by atoms with van der Waals surface area (Å²) in [6.45, 7) is 4.05. The Morgan fingerprint density at radius 1 is 1.44 bits per heavy atom. The predicted octanol–water partition coefficient (Wildman–Crippen LogP) is 0.872. The first kappa shape index (κ1) is 8.92. The van der Waals surface area contributed by atoms with Crippen molar-refractivity contribution in [1.29, 1.82) is 0 Å². The fourth-order valence-corrected chi connectivity index (χ4v) is 0.635. The highest BCUT2D eigenvalue weighted by Crippen LogP contribution is 1.90. The van der Waals surface area contributed by atoms with Crippen LogP contribution in [0.3, 0.4) is 0 Å². The van der Waals surface area contributed by atoms with Gasteiger partial charge in [0, 0.05) is 13.6 Å². The Bertz CT molecular complexity index is 56.9. The standard InChI is InChI=1S/C7H16NO/c1-3-4-5-8(2)6-7-9/h9H,2-7H2,1H3. The summed E-state index contributed by atoms with van der Waals surface area (Å²) in [4.78, 5) is 1.89. The van der Waals surface area contributed by atoms with Crippen molar-refractivity contribution < 1.29 is 5.11 Å². The normalized spacial score (nSPS) is 10.7. The van der Waals surface area contributed by atoms with E-state index in [1.54, 1.807) is 0 Å². The summed E-state index contributed by atoms with van der Waals surface area (Å²) in [5.41, 5.74) is 0. The van der Waals surface area contributed by atoms with Crippen molar-refractivity contribution >= 4 is 0 Å². The minimum Gasteiger partial charge on any atom is -0.395 e. The zero-order valence-corrected chi connectivity index (χ0v) is 6.14. The van der Waals surface area contributed by atoms with Gasteiger partial charge in [-0.2, -0.15) is 0 Å². The topological polar surface area (TPSA) is 23.5 Å². The lowest BCUT2D eigenvalue weighted by molar-refractivity contribution is 0.233. The number of hydrogen-bond donors (Lipinski definition) is 1. The van der Waals surface area contributed by atoms with Crippen LogP contribution in [0.15, 0.2) is 0 Å². The molecule has 0 spiro atoms. The number of nitrogens with zero attached hydrogens (tertiary/aromatic N) is 1. The molecule has 0 aliphatic heterocycles. The van der Waals surface area contributed by atoms with Gasteiger partial charge in [0.05, 0.1) is 6.61 Å². The molecule has 9 heavy (non-hydrogen) atoms. The van der Waals surface area contributed by atoms with E-state index in [0.717, 1.165) is 6.54 Å². The van der Waals surface area contributed by atoms with Crippen LogP contribution in [-0.4, -0.2) is 29.7 Å². The highest BCUT2D eigenvalue weighted by molar-refractivity contribution is 4.52. The van der Waals surface area contributed by atoms with Crippen LogP contribution in [0, 0.1) is 7.05 Å². The molecule has 0 aliphatic rings. The van der Waals surface area contributed by atoms with Gasteiger partial charge in [-0.15, -0.1) is 0 Å². The molecule has 0 aromatic heterocycles. The molecule has 2 heteroatoms. The average molecular weight is 130 g/mol. The second-order valence-electron chi connectivity index (χ2n) is 2.20. The molecule has 0 rings (SSSR count). The molecule has 0 heterocycles. The smallest absolute Gasteiger partial charge is 0.0558 e. The number of hydrogen-bond acceptors (Lipinski definition) is 2. The van der Waals surface area contributed by atoms with Crippen molar-refractivity contribution in [3.05, 3.63) is 7.05 Å². The van der Waals surface area contributed by atoms with E-state index in [2.05, 4.69) is 14.0 Å². The first-order valence-corrected chi connectivity index (χ1v) is 3.47. The molecule has 2 nitrogen and oxygen atoms in total. The van der Waals surface area contributed by atoms with Gasteiger partial charge in [-0.05, 0) is 13.0 Å². The van der Waals surface area contributed by atoms with Gasteiger partial charge in [-0.3, -0.25) is 4.90 Å². The fraction of sp³-hybridized carbons (Fsp3) is 0.857. The fourth-order valence-electron chi connectivity index (χ4n) is 0.635. The Balaban J connectivity index is 2.95. The van der Waals surface area contributed by atoms with Crippen molar-refractivity contribution in [3.63, 3.8) is 0 Å². The maximum absolute atomic E-state index is 8.45. The molecule has 0 saturated heterocycles. The Morgan fingerprint density at radius 3 is 2.56 bits per heavy atom. The second kappa shape index (κ2) is 6.05. The van der Waals surface area contributed by atoms with E-state index in [-0.39, 0.29) is 6.61 Å². The third-order valence-electron chi connectivity index (χ3n) is 1.24. The Morgan fingerprint density at radius 2 is 2.11 bits per heavy atom. The third kappa shape index (κ3) is 5.80. The van der Waals surface area contributed by atoms with Crippen molar-refractivity contribution in [2.45, 2.75) is 19.8 Å². The maximum Gasteiger partial charge on any atom is 0.0558 e. The highest BCUT2D eigenvalue weighted by Gasteiger charge is 1.93. The number of rotatable bonds is 5. The van der Waals surface area contributed by atoms with Gasteiger partial charge in [-0.1, -0.05) is 13.3 Å². The molecule has 1 N–H and O–H groups in total. The molecule has 55 valence electrons. The number of unbranched alkanes of at least 4 members (excludes halogenated alkanes) is 1. The van der Waals surface area contributed by atoms with Crippen LogP contribution < -0.4 is 0 Å². The van der Waals surface area contributed by atoms with Crippen LogP contribution in [0.1, 0.15) is 19.8 Å². The third-order valence-corrected chi connectivity index (χ3v) is 1.24. The van der Waals surface area contributed by atoms with E-state index in [9.17, 15) is 0 Å². The predicted molar refractivity (Wildman–Crippen MR) is 38.9 cm³/mol. The summed E-state index contributed by atoms with van der Waals surface area (Å²) in [6.07, 6.45) is 2.36. The van der Waals surface area contributed by atoms with E-state index >= 15 is 0 Å². The van der Waals surface area contributed by atoms with Crippen molar-refractivity contribution in [1.82, 2.24) is 4.90 Å². The van der Waals surface area contributed by atoms with Crippen LogP contribution in [-0.2, 0) is 0 Å². The molecule has 0 fully saturated rings. The summed E-state index contributed by atoms with van der Waals surface area (Å²) < 4.78 is 0. The van der Waals surface area contributed by atoms with Crippen LogP contribution in [0.2, 0.25) is 0 Å². The molecule has 0 atom stereocenters. The average Bonchev–Trinajstić information content (AvgIpc) is 1.85. The Kier molecular flexibility index (Phi) is 5.99. The molecule has 0 aromatic carbocycles. The van der Waals surface area contributed by atoms with Crippen LogP contribution in [0.5, 0.6) is 0 Å². The van der Waals surface area contributed by atoms with Gasteiger partial charge >= 0.3 is 0 Å². The minimum absolute atomic E-state index is 0.215. The quantitative estimate of drug-likeness (QED) is 0.597. The van der Waals surface area contributed by atoms with Crippen molar-refractivity contribution in [2.24, 2.45) is 0 Å². The van der Waals surface area contributed by atoms with E-state index in [1.807, 2.05) is 4.90 Å².